The van der Waals surface area contributed by atoms with Crippen LogP contribution < -0.4 is 0 Å². The van der Waals surface area contributed by atoms with Crippen LogP contribution in [0.1, 0.15) is 46.0 Å². The molecule has 0 heterocycles. The van der Waals surface area contributed by atoms with Gasteiger partial charge >= 0.3 is 5.97 Å². The van der Waals surface area contributed by atoms with E-state index in [9.17, 15) is 25.2 Å². The number of hydrogen-bond donors (Lipinski definition) is 4. The minimum Gasteiger partial charge on any atom is -0.481 e. The van der Waals surface area contributed by atoms with Crippen LogP contribution in [0, 0.1) is 28.6 Å². The second-order valence-corrected chi connectivity index (χ2v) is 8.73. The standard InChI is InChI=1S/C20H30O5/c1-5-12-11(2)6-7-14-13(12)10-16(22)20(25)18(14,3)9-8-15(21)19(20,4)17(23)24/h5,12-16,21-22,25H,1-2,6-10H2,3-4H3,(H,23,24). The van der Waals surface area contributed by atoms with Crippen molar-refractivity contribution in [3.05, 3.63) is 24.8 Å². The second-order valence-electron chi connectivity index (χ2n) is 8.73. The Kier molecular flexibility index (Phi) is 4.22. The summed E-state index contributed by atoms with van der Waals surface area (Å²) in [5.74, 6) is -1.04. The molecule has 3 fully saturated rings. The summed E-state index contributed by atoms with van der Waals surface area (Å²) in [6, 6.07) is 0. The molecule has 0 spiro atoms. The average Bonchev–Trinajstić information content (AvgIpc) is 2.55. The number of fused-ring (bicyclic) bond motifs is 3. The van der Waals surface area contributed by atoms with E-state index in [0.717, 1.165) is 18.4 Å². The van der Waals surface area contributed by atoms with Gasteiger partial charge in [-0.05, 0) is 50.9 Å². The van der Waals surface area contributed by atoms with E-state index < -0.39 is 34.6 Å². The SMILES string of the molecule is C=CC1C(=C)CCC2C1CC(O)C1(O)C2(C)CCC(O)C1(C)C(=O)O. The van der Waals surface area contributed by atoms with Crippen LogP contribution in [0.3, 0.4) is 0 Å². The van der Waals surface area contributed by atoms with Gasteiger partial charge in [0.15, 0.2) is 0 Å². The summed E-state index contributed by atoms with van der Waals surface area (Å²) in [6.45, 7) is 11.4. The monoisotopic (exact) mass is 350 g/mol. The van der Waals surface area contributed by atoms with Crippen molar-refractivity contribution >= 4 is 5.97 Å². The number of carboxylic acids is 1. The normalized spacial score (nSPS) is 52.8. The maximum Gasteiger partial charge on any atom is 0.315 e. The highest BCUT2D eigenvalue weighted by Crippen LogP contribution is 2.67. The summed E-state index contributed by atoms with van der Waals surface area (Å²) in [6.07, 6.45) is 2.16. The quantitative estimate of drug-likeness (QED) is 0.572. The lowest BCUT2D eigenvalue weighted by Crippen LogP contribution is -2.77. The van der Waals surface area contributed by atoms with Gasteiger partial charge < -0.3 is 20.4 Å². The molecular formula is C20H30O5. The number of carbonyl (C=O) groups is 1. The van der Waals surface area contributed by atoms with Gasteiger partial charge in [-0.15, -0.1) is 6.58 Å². The molecule has 8 unspecified atom stereocenters. The van der Waals surface area contributed by atoms with Crippen molar-refractivity contribution in [1.29, 1.82) is 0 Å². The number of aliphatic hydroxyl groups is 3. The van der Waals surface area contributed by atoms with E-state index in [-0.39, 0.29) is 17.8 Å². The molecule has 4 N–H and O–H groups in total. The van der Waals surface area contributed by atoms with Crippen molar-refractivity contribution in [3.8, 4) is 0 Å². The van der Waals surface area contributed by atoms with Gasteiger partial charge in [0.25, 0.3) is 0 Å². The molecule has 3 rings (SSSR count). The van der Waals surface area contributed by atoms with Crippen LogP contribution in [0.2, 0.25) is 0 Å². The first-order valence-corrected chi connectivity index (χ1v) is 9.17. The maximum atomic E-state index is 12.1. The smallest absolute Gasteiger partial charge is 0.315 e. The van der Waals surface area contributed by atoms with E-state index in [1.165, 1.54) is 6.92 Å². The minimum atomic E-state index is -1.88. The first kappa shape index (κ1) is 18.6. The molecule has 0 saturated heterocycles. The third-order valence-corrected chi connectivity index (χ3v) is 7.99. The van der Waals surface area contributed by atoms with Crippen LogP contribution in [0.25, 0.3) is 0 Å². The van der Waals surface area contributed by atoms with E-state index >= 15 is 0 Å². The lowest BCUT2D eigenvalue weighted by Gasteiger charge is -2.67. The zero-order valence-corrected chi connectivity index (χ0v) is 15.1. The molecule has 0 aromatic rings. The van der Waals surface area contributed by atoms with Gasteiger partial charge in [-0.25, -0.2) is 0 Å². The van der Waals surface area contributed by atoms with Crippen molar-refractivity contribution in [3.63, 3.8) is 0 Å². The molecular weight excluding hydrogens is 320 g/mol. The van der Waals surface area contributed by atoms with Gasteiger partial charge in [-0.3, -0.25) is 4.79 Å². The molecule has 0 aromatic carbocycles. The Morgan fingerprint density at radius 1 is 1.24 bits per heavy atom. The van der Waals surface area contributed by atoms with Crippen LogP contribution in [0.15, 0.2) is 24.8 Å². The zero-order valence-electron chi connectivity index (χ0n) is 15.1. The molecule has 25 heavy (non-hydrogen) atoms. The van der Waals surface area contributed by atoms with E-state index in [4.69, 9.17) is 0 Å². The predicted octanol–water partition coefficient (Wildman–Crippen LogP) is 2.12. The molecule has 3 aliphatic carbocycles. The molecule has 0 aliphatic heterocycles. The predicted molar refractivity (Wildman–Crippen MR) is 93.7 cm³/mol. The molecule has 140 valence electrons. The third kappa shape index (κ3) is 2.03. The van der Waals surface area contributed by atoms with Gasteiger partial charge in [0.05, 0.1) is 12.2 Å². The molecule has 5 heteroatoms. The van der Waals surface area contributed by atoms with Crippen molar-refractivity contribution in [2.75, 3.05) is 0 Å². The highest BCUT2D eigenvalue weighted by atomic mass is 16.4. The number of carboxylic acid groups (broad SMARTS) is 1. The summed E-state index contributed by atoms with van der Waals surface area (Å²) < 4.78 is 0. The minimum absolute atomic E-state index is 0.0561. The topological polar surface area (TPSA) is 98.0 Å². The van der Waals surface area contributed by atoms with Crippen LogP contribution >= 0.6 is 0 Å². The molecule has 0 radical (unpaired) electrons. The van der Waals surface area contributed by atoms with E-state index in [1.807, 2.05) is 13.0 Å². The summed E-state index contributed by atoms with van der Waals surface area (Å²) in [7, 11) is 0. The number of rotatable bonds is 2. The van der Waals surface area contributed by atoms with Crippen molar-refractivity contribution in [2.45, 2.75) is 63.8 Å². The fourth-order valence-electron chi connectivity index (χ4n) is 6.41. The van der Waals surface area contributed by atoms with Crippen molar-refractivity contribution < 1.29 is 25.2 Å². The Morgan fingerprint density at radius 3 is 2.44 bits per heavy atom. The lowest BCUT2D eigenvalue weighted by molar-refractivity contribution is -0.309. The third-order valence-electron chi connectivity index (χ3n) is 7.99. The van der Waals surface area contributed by atoms with Gasteiger partial charge in [-0.2, -0.15) is 0 Å². The van der Waals surface area contributed by atoms with Crippen LogP contribution in [-0.2, 0) is 4.79 Å². The van der Waals surface area contributed by atoms with Gasteiger partial charge in [0, 0.05) is 11.3 Å². The zero-order chi connectivity index (χ0) is 18.8. The highest BCUT2D eigenvalue weighted by Gasteiger charge is 2.74. The fourth-order valence-corrected chi connectivity index (χ4v) is 6.41. The Morgan fingerprint density at radius 2 is 1.88 bits per heavy atom. The Bertz CT molecular complexity index is 615. The average molecular weight is 350 g/mol. The molecule has 3 saturated carbocycles. The van der Waals surface area contributed by atoms with Crippen LogP contribution in [-0.4, -0.2) is 44.2 Å². The first-order valence-electron chi connectivity index (χ1n) is 9.17. The number of aliphatic carboxylic acids is 1. The summed E-state index contributed by atoms with van der Waals surface area (Å²) >= 11 is 0. The molecule has 8 atom stereocenters. The molecule has 0 amide bonds. The Balaban J connectivity index is 2.15. The molecule has 3 aliphatic rings. The first-order chi connectivity index (χ1) is 11.6. The largest absolute Gasteiger partial charge is 0.481 e. The number of aliphatic hydroxyl groups excluding tert-OH is 2. The van der Waals surface area contributed by atoms with Crippen molar-refractivity contribution in [2.24, 2.45) is 28.6 Å². The van der Waals surface area contributed by atoms with Gasteiger partial charge in [0.2, 0.25) is 0 Å². The van der Waals surface area contributed by atoms with Gasteiger partial charge in [0.1, 0.15) is 11.0 Å². The molecule has 5 nitrogen and oxygen atoms in total. The van der Waals surface area contributed by atoms with Crippen molar-refractivity contribution in [1.82, 2.24) is 0 Å². The summed E-state index contributed by atoms with van der Waals surface area (Å²) in [5, 5.41) is 43.1. The van der Waals surface area contributed by atoms with E-state index in [1.54, 1.807) is 0 Å². The maximum absolute atomic E-state index is 12.1. The van der Waals surface area contributed by atoms with E-state index in [2.05, 4.69) is 13.2 Å². The lowest BCUT2D eigenvalue weighted by atomic mass is 9.39. The van der Waals surface area contributed by atoms with Crippen LogP contribution in [0.4, 0.5) is 0 Å². The highest BCUT2D eigenvalue weighted by molar-refractivity contribution is 5.77. The Hall–Kier alpha value is -1.17. The number of hydrogen-bond acceptors (Lipinski definition) is 4. The van der Waals surface area contributed by atoms with E-state index in [0.29, 0.717) is 19.3 Å². The number of allylic oxidation sites excluding steroid dienone is 2. The Labute approximate surface area is 149 Å². The van der Waals surface area contributed by atoms with Gasteiger partial charge in [-0.1, -0.05) is 25.2 Å². The molecule has 0 bridgehead atoms. The molecule has 0 aromatic heterocycles. The van der Waals surface area contributed by atoms with Crippen LogP contribution in [0.5, 0.6) is 0 Å². The fraction of sp³-hybridized carbons (Fsp3) is 0.750. The summed E-state index contributed by atoms with van der Waals surface area (Å²) in [5.41, 5.74) is -3.38. The second kappa shape index (κ2) is 5.66. The summed E-state index contributed by atoms with van der Waals surface area (Å²) in [4.78, 5) is 12.1.